The zero-order valence-electron chi connectivity index (χ0n) is 7.39. The molecule has 0 N–H and O–H groups in total. The molecule has 1 heteroatoms. The van der Waals surface area contributed by atoms with E-state index in [0.717, 1.165) is 6.42 Å². The van der Waals surface area contributed by atoms with Gasteiger partial charge in [-0.3, -0.25) is 6.08 Å². The molecular weight excluding hydrogens is 200 g/mol. The third-order valence-corrected chi connectivity index (χ3v) is 1.41. The molecule has 1 aliphatic carbocycles. The number of rotatable bonds is 0. The second kappa shape index (κ2) is 9.31. The minimum atomic E-state index is 0. The van der Waals surface area contributed by atoms with E-state index in [2.05, 4.69) is 18.2 Å². The van der Waals surface area contributed by atoms with Crippen molar-refractivity contribution in [3.8, 4) is 0 Å². The third kappa shape index (κ3) is 7.58. The maximum Gasteiger partial charge on any atom is 2.00 e. The summed E-state index contributed by atoms with van der Waals surface area (Å²) >= 11 is 0. The van der Waals surface area contributed by atoms with E-state index >= 15 is 0 Å². The Balaban J connectivity index is 0.000000206. The average Bonchev–Trinajstić information content (AvgIpc) is 2.24. The molecule has 13 heavy (non-hydrogen) atoms. The summed E-state index contributed by atoms with van der Waals surface area (Å²) in [6, 6.07) is 12.5. The summed E-state index contributed by atoms with van der Waals surface area (Å²) in [4.78, 5) is 0. The monoisotopic (exact) mass is 212 g/mol. The van der Waals surface area contributed by atoms with Crippen molar-refractivity contribution in [1.82, 2.24) is 0 Å². The smallest absolute Gasteiger partial charge is 0.275 e. The largest absolute Gasteiger partial charge is 2.00 e. The summed E-state index contributed by atoms with van der Waals surface area (Å²) in [7, 11) is 0. The van der Waals surface area contributed by atoms with Gasteiger partial charge in [-0.15, -0.1) is 6.42 Å². The Morgan fingerprint density at radius 1 is 1.00 bits per heavy atom. The number of benzene rings is 1. The second-order valence-corrected chi connectivity index (χ2v) is 2.41. The molecule has 0 bridgehead atoms. The topological polar surface area (TPSA) is 0 Å². The van der Waals surface area contributed by atoms with Crippen LogP contribution in [-0.2, 0) is 17.1 Å². The van der Waals surface area contributed by atoms with Crippen molar-refractivity contribution in [3.63, 3.8) is 0 Å². The molecule has 0 heterocycles. The third-order valence-electron chi connectivity index (χ3n) is 1.41. The van der Waals surface area contributed by atoms with Crippen molar-refractivity contribution in [3.05, 3.63) is 60.7 Å². The minimum absolute atomic E-state index is 0. The Kier molecular flexibility index (Phi) is 8.75. The molecular formula is C12H12Fe. The molecule has 1 aliphatic rings. The van der Waals surface area contributed by atoms with Crippen molar-refractivity contribution in [1.29, 1.82) is 0 Å². The van der Waals surface area contributed by atoms with Crippen molar-refractivity contribution in [2.24, 2.45) is 0 Å². The van der Waals surface area contributed by atoms with Crippen molar-refractivity contribution >= 4 is 0 Å². The van der Waals surface area contributed by atoms with Crippen LogP contribution in [0.15, 0.2) is 48.6 Å². The van der Waals surface area contributed by atoms with E-state index < -0.39 is 0 Å². The fraction of sp³-hybridized carbons (Fsp3) is 0.167. The van der Waals surface area contributed by atoms with Crippen molar-refractivity contribution in [2.75, 3.05) is 0 Å². The summed E-state index contributed by atoms with van der Waals surface area (Å²) in [6.45, 7) is 0. The quantitative estimate of drug-likeness (QED) is 0.457. The Labute approximate surface area is 90.8 Å². The first-order valence-electron chi connectivity index (χ1n) is 4.13. The van der Waals surface area contributed by atoms with Crippen LogP contribution >= 0.6 is 0 Å². The number of hydrogen-bond donors (Lipinski definition) is 0. The Morgan fingerprint density at radius 2 is 1.77 bits per heavy atom. The molecule has 1 aromatic carbocycles. The van der Waals surface area contributed by atoms with E-state index in [-0.39, 0.29) is 17.1 Å². The molecule has 0 nitrogen and oxygen atoms in total. The molecule has 0 atom stereocenters. The standard InChI is InChI=1S/C6H7.C6H5.Fe/c2*1-2-4-6-5-3-1;/h1-3H,4,6H2;1-5H;/q2*-1;+2. The predicted molar refractivity (Wildman–Crippen MR) is 51.5 cm³/mol. The second-order valence-electron chi connectivity index (χ2n) is 2.41. The van der Waals surface area contributed by atoms with Crippen LogP contribution < -0.4 is 0 Å². The van der Waals surface area contributed by atoms with E-state index in [1.807, 2.05) is 42.5 Å². The number of hydrogen-bond acceptors (Lipinski definition) is 0. The summed E-state index contributed by atoms with van der Waals surface area (Å²) < 4.78 is 0. The Hall–Kier alpha value is -0.781. The fourth-order valence-corrected chi connectivity index (χ4v) is 0.824. The van der Waals surface area contributed by atoms with Crippen LogP contribution in [0.3, 0.4) is 0 Å². The predicted octanol–water partition coefficient (Wildman–Crippen LogP) is 3.18. The molecule has 2 rings (SSSR count). The van der Waals surface area contributed by atoms with Crippen LogP contribution in [0.5, 0.6) is 0 Å². The zero-order valence-corrected chi connectivity index (χ0v) is 8.49. The van der Waals surface area contributed by atoms with Crippen molar-refractivity contribution < 1.29 is 17.1 Å². The number of allylic oxidation sites excluding steroid dienone is 4. The van der Waals surface area contributed by atoms with Gasteiger partial charge in [0.15, 0.2) is 0 Å². The zero-order chi connectivity index (χ0) is 8.49. The van der Waals surface area contributed by atoms with Gasteiger partial charge in [0.05, 0.1) is 0 Å². The molecule has 0 spiro atoms. The first-order chi connectivity index (χ1) is 6.00. The van der Waals surface area contributed by atoms with Crippen LogP contribution in [-0.4, -0.2) is 0 Å². The summed E-state index contributed by atoms with van der Waals surface area (Å²) in [6.07, 6.45) is 11.5. The van der Waals surface area contributed by atoms with Gasteiger partial charge in [0.2, 0.25) is 0 Å². The molecule has 0 saturated heterocycles. The molecule has 0 aliphatic heterocycles. The van der Waals surface area contributed by atoms with E-state index in [4.69, 9.17) is 0 Å². The molecule has 0 saturated carbocycles. The molecule has 0 amide bonds. The van der Waals surface area contributed by atoms with Gasteiger partial charge in [-0.2, -0.15) is 42.5 Å². The minimum Gasteiger partial charge on any atom is -0.275 e. The Bertz CT molecular complexity index is 198. The molecule has 0 unspecified atom stereocenters. The van der Waals surface area contributed by atoms with E-state index in [0.29, 0.717) is 0 Å². The van der Waals surface area contributed by atoms with Crippen LogP contribution in [0.4, 0.5) is 0 Å². The first kappa shape index (κ1) is 12.2. The molecule has 1 aromatic rings. The molecule has 68 valence electrons. The summed E-state index contributed by atoms with van der Waals surface area (Å²) in [5.41, 5.74) is 0. The summed E-state index contributed by atoms with van der Waals surface area (Å²) in [5.74, 6) is 0. The molecule has 0 radical (unpaired) electrons. The van der Waals surface area contributed by atoms with E-state index in [1.165, 1.54) is 6.42 Å². The molecule has 0 aromatic heterocycles. The summed E-state index contributed by atoms with van der Waals surface area (Å²) in [5, 5.41) is 0. The van der Waals surface area contributed by atoms with Gasteiger partial charge in [-0.1, -0.05) is 6.42 Å². The van der Waals surface area contributed by atoms with Crippen LogP contribution in [0, 0.1) is 12.1 Å². The van der Waals surface area contributed by atoms with E-state index in [1.54, 1.807) is 0 Å². The maximum atomic E-state index is 3.07. The van der Waals surface area contributed by atoms with Gasteiger partial charge >= 0.3 is 17.1 Å². The van der Waals surface area contributed by atoms with E-state index in [9.17, 15) is 0 Å². The van der Waals surface area contributed by atoms with Gasteiger partial charge in [-0.25, -0.2) is 12.2 Å². The van der Waals surface area contributed by atoms with Gasteiger partial charge < -0.3 is 0 Å². The first-order valence-corrected chi connectivity index (χ1v) is 4.13. The van der Waals surface area contributed by atoms with Crippen LogP contribution in [0.25, 0.3) is 0 Å². The van der Waals surface area contributed by atoms with Crippen LogP contribution in [0.1, 0.15) is 12.8 Å². The normalized spacial score (nSPS) is 12.3. The fourth-order valence-electron chi connectivity index (χ4n) is 0.824. The Morgan fingerprint density at radius 3 is 1.92 bits per heavy atom. The van der Waals surface area contributed by atoms with Gasteiger partial charge in [-0.05, 0) is 0 Å². The van der Waals surface area contributed by atoms with Crippen molar-refractivity contribution in [2.45, 2.75) is 12.8 Å². The average molecular weight is 212 g/mol. The van der Waals surface area contributed by atoms with Gasteiger partial charge in [0.25, 0.3) is 0 Å². The van der Waals surface area contributed by atoms with Gasteiger partial charge in [0.1, 0.15) is 0 Å². The van der Waals surface area contributed by atoms with Crippen LogP contribution in [0.2, 0.25) is 0 Å². The SMILES string of the molecule is [C-]1=CC=CCC1.[Fe+2].[c-]1ccccc1. The maximum absolute atomic E-state index is 3.07. The molecule has 0 fully saturated rings. The van der Waals surface area contributed by atoms with Gasteiger partial charge in [0, 0.05) is 0 Å².